The number of imide groups is 1. The van der Waals surface area contributed by atoms with Gasteiger partial charge in [0.15, 0.2) is 0 Å². The quantitative estimate of drug-likeness (QED) is 0.508. The molecule has 1 aromatic heterocycles. The summed E-state index contributed by atoms with van der Waals surface area (Å²) in [6.45, 7) is 3.34. The van der Waals surface area contributed by atoms with Gasteiger partial charge in [-0.3, -0.25) is 9.78 Å². The molecule has 0 spiro atoms. The first-order chi connectivity index (χ1) is 15.5. The summed E-state index contributed by atoms with van der Waals surface area (Å²) in [4.78, 5) is 33.2. The fraction of sp³-hybridized carbons (Fsp3) is 0.261. The SMILES string of the molecule is COc1cccc2nccc(CN3C(=O)N(c4ccc(OC(F)(F)F)cc4)C(=O)C3(C)C)c12. The Morgan fingerprint density at radius 1 is 1.03 bits per heavy atom. The molecular weight excluding hydrogens is 439 g/mol. The number of hydrogen-bond donors (Lipinski definition) is 0. The van der Waals surface area contributed by atoms with Gasteiger partial charge >= 0.3 is 12.4 Å². The molecule has 1 fully saturated rings. The van der Waals surface area contributed by atoms with Crippen molar-refractivity contribution in [1.82, 2.24) is 9.88 Å². The molecule has 2 aromatic carbocycles. The van der Waals surface area contributed by atoms with Gasteiger partial charge in [0, 0.05) is 18.1 Å². The second-order valence-corrected chi connectivity index (χ2v) is 7.93. The Bertz CT molecular complexity index is 1220. The monoisotopic (exact) mass is 459 g/mol. The van der Waals surface area contributed by atoms with E-state index in [1.54, 1.807) is 38.2 Å². The fourth-order valence-electron chi connectivity index (χ4n) is 3.84. The summed E-state index contributed by atoms with van der Waals surface area (Å²) in [7, 11) is 1.54. The first-order valence-electron chi connectivity index (χ1n) is 9.95. The predicted molar refractivity (Wildman–Crippen MR) is 114 cm³/mol. The number of hydrogen-bond acceptors (Lipinski definition) is 5. The maximum absolute atomic E-state index is 13.3. The molecule has 0 radical (unpaired) electrons. The smallest absolute Gasteiger partial charge is 0.496 e. The van der Waals surface area contributed by atoms with Crippen LogP contribution in [0.15, 0.2) is 54.7 Å². The van der Waals surface area contributed by atoms with Crippen LogP contribution in [0.2, 0.25) is 0 Å². The van der Waals surface area contributed by atoms with Gasteiger partial charge in [-0.2, -0.15) is 0 Å². The Kier molecular flexibility index (Phi) is 5.39. The molecule has 172 valence electrons. The number of alkyl halides is 3. The van der Waals surface area contributed by atoms with Crippen LogP contribution in [0.4, 0.5) is 23.7 Å². The number of benzene rings is 2. The number of aromatic nitrogens is 1. The Hall–Kier alpha value is -3.82. The lowest BCUT2D eigenvalue weighted by Crippen LogP contribution is -2.43. The van der Waals surface area contributed by atoms with Gasteiger partial charge in [-0.15, -0.1) is 13.2 Å². The highest BCUT2D eigenvalue weighted by Gasteiger charge is 2.51. The standard InChI is InChI=1S/C23H20F3N3O4/c1-22(2)20(30)29(15-7-9-16(10-8-15)33-23(24,25)26)21(31)28(22)13-14-11-12-27-17-5-4-6-18(32-3)19(14)17/h4-12H,13H2,1-3H3. The molecule has 3 aromatic rings. The lowest BCUT2D eigenvalue weighted by Gasteiger charge is -2.28. The van der Waals surface area contributed by atoms with Crippen LogP contribution >= 0.6 is 0 Å². The van der Waals surface area contributed by atoms with E-state index in [-0.39, 0.29) is 12.2 Å². The molecular formula is C23H20F3N3O4. The normalized spacial score (nSPS) is 15.9. The molecule has 0 unspecified atom stereocenters. The summed E-state index contributed by atoms with van der Waals surface area (Å²) in [6.07, 6.45) is -3.22. The first kappa shape index (κ1) is 22.4. The van der Waals surface area contributed by atoms with Crippen LogP contribution < -0.4 is 14.4 Å². The lowest BCUT2D eigenvalue weighted by atomic mass is 10.0. The van der Waals surface area contributed by atoms with Gasteiger partial charge in [-0.25, -0.2) is 9.69 Å². The molecule has 0 saturated carbocycles. The maximum atomic E-state index is 13.3. The molecule has 0 bridgehead atoms. The second-order valence-electron chi connectivity index (χ2n) is 7.93. The van der Waals surface area contributed by atoms with Crippen molar-refractivity contribution in [3.05, 3.63) is 60.3 Å². The molecule has 7 nitrogen and oxygen atoms in total. The molecule has 10 heteroatoms. The highest BCUT2D eigenvalue weighted by Crippen LogP contribution is 2.36. The summed E-state index contributed by atoms with van der Waals surface area (Å²) in [5.74, 6) is -0.359. The van der Waals surface area contributed by atoms with Gasteiger partial charge in [0.05, 0.1) is 18.3 Å². The van der Waals surface area contributed by atoms with E-state index < -0.39 is 29.6 Å². The van der Waals surface area contributed by atoms with E-state index in [2.05, 4.69) is 9.72 Å². The van der Waals surface area contributed by atoms with E-state index in [1.807, 2.05) is 6.07 Å². The predicted octanol–water partition coefficient (Wildman–Crippen LogP) is 4.89. The van der Waals surface area contributed by atoms with Crippen LogP contribution in [0.25, 0.3) is 10.9 Å². The van der Waals surface area contributed by atoms with Crippen molar-refractivity contribution in [2.75, 3.05) is 12.0 Å². The summed E-state index contributed by atoms with van der Waals surface area (Å²) < 4.78 is 46.6. The Balaban J connectivity index is 1.67. The van der Waals surface area contributed by atoms with Gasteiger partial charge in [0.2, 0.25) is 0 Å². The number of halogens is 3. The number of amides is 3. The zero-order chi connectivity index (χ0) is 24.0. The zero-order valence-electron chi connectivity index (χ0n) is 18.0. The third kappa shape index (κ3) is 4.04. The number of urea groups is 1. The minimum absolute atomic E-state index is 0.0999. The van der Waals surface area contributed by atoms with Crippen molar-refractivity contribution in [2.45, 2.75) is 32.3 Å². The molecule has 4 rings (SSSR count). The molecule has 1 aliphatic rings. The number of carbonyl (C=O) groups excluding carboxylic acids is 2. The molecule has 0 aliphatic carbocycles. The van der Waals surface area contributed by atoms with Crippen molar-refractivity contribution in [3.63, 3.8) is 0 Å². The van der Waals surface area contributed by atoms with E-state index in [0.717, 1.165) is 28.0 Å². The molecule has 0 atom stereocenters. The maximum Gasteiger partial charge on any atom is 0.573 e. The number of pyridine rings is 1. The Morgan fingerprint density at radius 3 is 2.36 bits per heavy atom. The van der Waals surface area contributed by atoms with E-state index >= 15 is 0 Å². The van der Waals surface area contributed by atoms with Gasteiger partial charge in [-0.1, -0.05) is 6.07 Å². The number of rotatable bonds is 5. The van der Waals surface area contributed by atoms with Crippen LogP contribution in [0, 0.1) is 0 Å². The average molecular weight is 459 g/mol. The van der Waals surface area contributed by atoms with Gasteiger partial charge < -0.3 is 14.4 Å². The number of fused-ring (bicyclic) bond motifs is 1. The van der Waals surface area contributed by atoms with Gasteiger partial charge in [0.1, 0.15) is 17.0 Å². The molecule has 2 heterocycles. The van der Waals surface area contributed by atoms with Crippen LogP contribution in [0.3, 0.4) is 0 Å². The minimum Gasteiger partial charge on any atom is -0.496 e. The van der Waals surface area contributed by atoms with Gasteiger partial charge in [-0.05, 0) is 61.9 Å². The van der Waals surface area contributed by atoms with Crippen molar-refractivity contribution < 1.29 is 32.2 Å². The Labute approximate surface area is 187 Å². The molecule has 1 saturated heterocycles. The second kappa shape index (κ2) is 7.95. The summed E-state index contributed by atoms with van der Waals surface area (Å²) in [5, 5.41) is 0.727. The number of methoxy groups -OCH3 is 1. The van der Waals surface area contributed by atoms with Crippen molar-refractivity contribution >= 4 is 28.5 Å². The summed E-state index contributed by atoms with van der Waals surface area (Å²) >= 11 is 0. The molecule has 1 aliphatic heterocycles. The number of ether oxygens (including phenoxy) is 2. The first-order valence-corrected chi connectivity index (χ1v) is 9.95. The van der Waals surface area contributed by atoms with Crippen LogP contribution in [-0.4, -0.2) is 40.8 Å². The van der Waals surface area contributed by atoms with Crippen molar-refractivity contribution in [1.29, 1.82) is 0 Å². The van der Waals surface area contributed by atoms with Crippen molar-refractivity contribution in [3.8, 4) is 11.5 Å². The minimum atomic E-state index is -4.84. The average Bonchev–Trinajstić information content (AvgIpc) is 2.92. The third-order valence-electron chi connectivity index (χ3n) is 5.52. The number of anilines is 1. The molecule has 3 amide bonds. The van der Waals surface area contributed by atoms with Gasteiger partial charge in [0.25, 0.3) is 5.91 Å². The molecule has 33 heavy (non-hydrogen) atoms. The lowest BCUT2D eigenvalue weighted by molar-refractivity contribution is -0.274. The summed E-state index contributed by atoms with van der Waals surface area (Å²) in [6, 6.07) is 11.2. The number of nitrogens with zero attached hydrogens (tertiary/aromatic N) is 3. The van der Waals surface area contributed by atoms with Crippen molar-refractivity contribution in [2.24, 2.45) is 0 Å². The van der Waals surface area contributed by atoms with E-state index in [1.165, 1.54) is 24.1 Å². The fourth-order valence-corrected chi connectivity index (χ4v) is 3.84. The van der Waals surface area contributed by atoms with Crippen LogP contribution in [0.5, 0.6) is 11.5 Å². The zero-order valence-corrected chi connectivity index (χ0v) is 18.0. The van der Waals surface area contributed by atoms with E-state index in [9.17, 15) is 22.8 Å². The highest BCUT2D eigenvalue weighted by molar-refractivity contribution is 6.23. The summed E-state index contributed by atoms with van der Waals surface area (Å²) in [5.41, 5.74) is 0.366. The Morgan fingerprint density at radius 2 is 1.73 bits per heavy atom. The highest BCUT2D eigenvalue weighted by atomic mass is 19.4. The topological polar surface area (TPSA) is 72.0 Å². The third-order valence-corrected chi connectivity index (χ3v) is 5.52. The van der Waals surface area contributed by atoms with Crippen LogP contribution in [-0.2, 0) is 11.3 Å². The molecule has 0 N–H and O–H groups in total. The van der Waals surface area contributed by atoms with E-state index in [0.29, 0.717) is 11.3 Å². The largest absolute Gasteiger partial charge is 0.573 e. The van der Waals surface area contributed by atoms with Crippen LogP contribution in [0.1, 0.15) is 19.4 Å². The number of carbonyl (C=O) groups is 2. The van der Waals surface area contributed by atoms with E-state index in [4.69, 9.17) is 4.74 Å².